The van der Waals surface area contributed by atoms with Crippen LogP contribution in [0.5, 0.6) is 11.6 Å². The lowest BCUT2D eigenvalue weighted by molar-refractivity contribution is 0.459. The number of hydrogen-bond donors (Lipinski definition) is 0. The van der Waals surface area contributed by atoms with E-state index < -0.39 is 0 Å². The Hall–Kier alpha value is -2.34. The fourth-order valence-corrected chi connectivity index (χ4v) is 1.32. The number of pyridine rings is 1. The maximum Gasteiger partial charge on any atom is 0.222 e. The largest absolute Gasteiger partial charge is 0.439 e. The molecule has 0 saturated carbocycles. The predicted octanol–water partition coefficient (Wildman–Crippen LogP) is 3.05. The van der Waals surface area contributed by atoms with Crippen molar-refractivity contribution in [2.75, 3.05) is 0 Å². The van der Waals surface area contributed by atoms with E-state index in [9.17, 15) is 0 Å². The maximum absolute atomic E-state index is 8.76. The fourth-order valence-electron chi connectivity index (χ4n) is 1.32. The lowest BCUT2D eigenvalue weighted by Crippen LogP contribution is -1.90. The molecule has 1 heterocycles. The van der Waals surface area contributed by atoms with E-state index in [1.807, 2.05) is 19.1 Å². The SMILES string of the molecule is Cc1cccnc1Oc1cccc(C#N)c1. The summed E-state index contributed by atoms with van der Waals surface area (Å²) in [6.07, 6.45) is 1.68. The molecule has 0 aliphatic carbocycles. The number of benzene rings is 1. The van der Waals surface area contributed by atoms with Crippen molar-refractivity contribution in [3.63, 3.8) is 0 Å². The van der Waals surface area contributed by atoms with Gasteiger partial charge >= 0.3 is 0 Å². The minimum absolute atomic E-state index is 0.567. The second-order valence-corrected chi connectivity index (χ2v) is 3.37. The van der Waals surface area contributed by atoms with E-state index in [-0.39, 0.29) is 0 Å². The number of nitrogens with zero attached hydrogens (tertiary/aromatic N) is 2. The van der Waals surface area contributed by atoms with E-state index in [0.717, 1.165) is 5.56 Å². The first-order valence-corrected chi connectivity index (χ1v) is 4.89. The number of hydrogen-bond acceptors (Lipinski definition) is 3. The van der Waals surface area contributed by atoms with Gasteiger partial charge in [0.2, 0.25) is 5.88 Å². The van der Waals surface area contributed by atoms with Crippen LogP contribution in [0.25, 0.3) is 0 Å². The molecule has 0 amide bonds. The number of rotatable bonds is 2. The molecule has 78 valence electrons. The predicted molar refractivity (Wildman–Crippen MR) is 60.2 cm³/mol. The van der Waals surface area contributed by atoms with Gasteiger partial charge in [0.25, 0.3) is 0 Å². The van der Waals surface area contributed by atoms with Gasteiger partial charge in [-0.05, 0) is 31.2 Å². The summed E-state index contributed by atoms with van der Waals surface area (Å²) in [7, 11) is 0. The molecule has 0 aliphatic heterocycles. The molecule has 2 rings (SSSR count). The van der Waals surface area contributed by atoms with E-state index in [0.29, 0.717) is 17.2 Å². The van der Waals surface area contributed by atoms with Crippen LogP contribution < -0.4 is 4.74 Å². The van der Waals surface area contributed by atoms with E-state index in [1.54, 1.807) is 30.5 Å². The Balaban J connectivity index is 2.28. The summed E-state index contributed by atoms with van der Waals surface area (Å²) in [5.41, 5.74) is 1.54. The second-order valence-electron chi connectivity index (χ2n) is 3.37. The first-order chi connectivity index (χ1) is 7.79. The number of nitriles is 1. The van der Waals surface area contributed by atoms with E-state index in [4.69, 9.17) is 10.00 Å². The molecule has 0 fully saturated rings. The van der Waals surface area contributed by atoms with Crippen LogP contribution >= 0.6 is 0 Å². The molecule has 0 spiro atoms. The van der Waals surface area contributed by atoms with Gasteiger partial charge in [-0.2, -0.15) is 5.26 Å². The summed E-state index contributed by atoms with van der Waals surface area (Å²) in [6.45, 7) is 1.93. The van der Waals surface area contributed by atoms with Gasteiger partial charge in [-0.15, -0.1) is 0 Å². The van der Waals surface area contributed by atoms with E-state index >= 15 is 0 Å². The zero-order valence-electron chi connectivity index (χ0n) is 8.84. The molecule has 2 aromatic rings. The maximum atomic E-state index is 8.76. The first-order valence-electron chi connectivity index (χ1n) is 4.89. The molecule has 16 heavy (non-hydrogen) atoms. The Kier molecular flexibility index (Phi) is 2.84. The minimum atomic E-state index is 0.567. The van der Waals surface area contributed by atoms with Crippen LogP contribution in [0.1, 0.15) is 11.1 Å². The monoisotopic (exact) mass is 210 g/mol. The third-order valence-corrected chi connectivity index (χ3v) is 2.14. The van der Waals surface area contributed by atoms with Crippen LogP contribution in [0.3, 0.4) is 0 Å². The Morgan fingerprint density at radius 1 is 1.25 bits per heavy atom. The smallest absolute Gasteiger partial charge is 0.222 e. The number of aryl methyl sites for hydroxylation is 1. The molecule has 0 saturated heterocycles. The molecule has 0 atom stereocenters. The second kappa shape index (κ2) is 4.45. The quantitative estimate of drug-likeness (QED) is 0.765. The van der Waals surface area contributed by atoms with Crippen molar-refractivity contribution in [1.82, 2.24) is 4.98 Å². The molecule has 1 aromatic carbocycles. The summed E-state index contributed by atoms with van der Waals surface area (Å²) in [5, 5.41) is 8.76. The highest BCUT2D eigenvalue weighted by Gasteiger charge is 2.02. The Bertz CT molecular complexity index is 544. The third-order valence-electron chi connectivity index (χ3n) is 2.14. The van der Waals surface area contributed by atoms with Crippen LogP contribution in [-0.2, 0) is 0 Å². The van der Waals surface area contributed by atoms with E-state index in [2.05, 4.69) is 11.1 Å². The third kappa shape index (κ3) is 2.18. The Morgan fingerprint density at radius 3 is 2.88 bits per heavy atom. The lowest BCUT2D eigenvalue weighted by atomic mass is 10.2. The molecule has 1 aromatic heterocycles. The first kappa shape index (κ1) is 10.2. The van der Waals surface area contributed by atoms with Crippen LogP contribution in [0.4, 0.5) is 0 Å². The summed E-state index contributed by atoms with van der Waals surface area (Å²) >= 11 is 0. The molecule has 0 bridgehead atoms. The van der Waals surface area contributed by atoms with Crippen LogP contribution in [0.2, 0.25) is 0 Å². The van der Waals surface area contributed by atoms with Gasteiger partial charge in [0, 0.05) is 11.8 Å². The fraction of sp³-hybridized carbons (Fsp3) is 0.0769. The topological polar surface area (TPSA) is 45.9 Å². The van der Waals surface area contributed by atoms with Gasteiger partial charge in [-0.1, -0.05) is 12.1 Å². The highest BCUT2D eigenvalue weighted by molar-refractivity contribution is 5.38. The van der Waals surface area contributed by atoms with Crippen molar-refractivity contribution in [3.05, 3.63) is 53.7 Å². The van der Waals surface area contributed by atoms with Crippen molar-refractivity contribution in [1.29, 1.82) is 5.26 Å². The molecular weight excluding hydrogens is 200 g/mol. The normalized spacial score (nSPS) is 9.50. The van der Waals surface area contributed by atoms with Crippen molar-refractivity contribution >= 4 is 0 Å². The van der Waals surface area contributed by atoms with Crippen molar-refractivity contribution in [2.24, 2.45) is 0 Å². The summed E-state index contributed by atoms with van der Waals surface area (Å²) in [6, 6.07) is 12.9. The highest BCUT2D eigenvalue weighted by Crippen LogP contribution is 2.22. The number of aromatic nitrogens is 1. The van der Waals surface area contributed by atoms with Gasteiger partial charge in [0.15, 0.2) is 0 Å². The van der Waals surface area contributed by atoms with Crippen LogP contribution in [0, 0.1) is 18.3 Å². The standard InChI is InChI=1S/C13H10N2O/c1-10-4-3-7-15-13(10)16-12-6-2-5-11(8-12)9-14/h2-8H,1H3. The Morgan fingerprint density at radius 2 is 2.12 bits per heavy atom. The van der Waals surface area contributed by atoms with E-state index in [1.165, 1.54) is 0 Å². The molecular formula is C13H10N2O. The van der Waals surface area contributed by atoms with Crippen molar-refractivity contribution in [3.8, 4) is 17.7 Å². The molecule has 0 radical (unpaired) electrons. The molecule has 3 heteroatoms. The summed E-state index contributed by atoms with van der Waals surface area (Å²) in [5.74, 6) is 1.19. The minimum Gasteiger partial charge on any atom is -0.439 e. The van der Waals surface area contributed by atoms with Gasteiger partial charge in [0.05, 0.1) is 11.6 Å². The van der Waals surface area contributed by atoms with Crippen molar-refractivity contribution in [2.45, 2.75) is 6.92 Å². The zero-order chi connectivity index (χ0) is 11.4. The molecule has 0 unspecified atom stereocenters. The summed E-state index contributed by atoms with van der Waals surface area (Å²) < 4.78 is 5.59. The van der Waals surface area contributed by atoms with Crippen molar-refractivity contribution < 1.29 is 4.74 Å². The van der Waals surface area contributed by atoms with Gasteiger partial charge in [-0.3, -0.25) is 0 Å². The number of ether oxygens (including phenoxy) is 1. The highest BCUT2D eigenvalue weighted by atomic mass is 16.5. The molecule has 3 nitrogen and oxygen atoms in total. The van der Waals surface area contributed by atoms with Gasteiger partial charge < -0.3 is 4.74 Å². The summed E-state index contributed by atoms with van der Waals surface area (Å²) in [4.78, 5) is 4.12. The van der Waals surface area contributed by atoms with Crippen LogP contribution in [-0.4, -0.2) is 4.98 Å². The zero-order valence-corrected chi connectivity index (χ0v) is 8.84. The molecule has 0 aliphatic rings. The molecule has 0 N–H and O–H groups in total. The average molecular weight is 210 g/mol. The Labute approximate surface area is 93.9 Å². The lowest BCUT2D eigenvalue weighted by Gasteiger charge is -2.06. The van der Waals surface area contributed by atoms with Gasteiger partial charge in [-0.25, -0.2) is 4.98 Å². The van der Waals surface area contributed by atoms with Crippen LogP contribution in [0.15, 0.2) is 42.6 Å². The van der Waals surface area contributed by atoms with Gasteiger partial charge in [0.1, 0.15) is 5.75 Å². The average Bonchev–Trinajstić information content (AvgIpc) is 2.32.